The molecule has 4 nitrogen and oxygen atoms in total. The third-order valence-corrected chi connectivity index (χ3v) is 2.98. The number of hydrogen-bond acceptors (Lipinski definition) is 3. The van der Waals surface area contributed by atoms with E-state index in [0.29, 0.717) is 6.54 Å². The van der Waals surface area contributed by atoms with Gasteiger partial charge < -0.3 is 15.4 Å². The molecular formula is C16H26N2O2. The van der Waals surface area contributed by atoms with Crippen LogP contribution in [0, 0.1) is 0 Å². The minimum atomic E-state index is -0.0789. The van der Waals surface area contributed by atoms with Gasteiger partial charge in [-0.3, -0.25) is 4.79 Å². The van der Waals surface area contributed by atoms with Crippen LogP contribution in [-0.2, 0) is 10.2 Å². The van der Waals surface area contributed by atoms with Crippen molar-refractivity contribution >= 4 is 5.91 Å². The van der Waals surface area contributed by atoms with Gasteiger partial charge in [-0.15, -0.1) is 0 Å². The van der Waals surface area contributed by atoms with Gasteiger partial charge in [-0.2, -0.15) is 0 Å². The van der Waals surface area contributed by atoms with Crippen LogP contribution in [0.2, 0.25) is 0 Å². The highest BCUT2D eigenvalue weighted by atomic mass is 16.5. The Bertz CT molecular complexity index is 425. The van der Waals surface area contributed by atoms with E-state index in [9.17, 15) is 4.79 Å². The van der Waals surface area contributed by atoms with Crippen LogP contribution in [0.5, 0.6) is 5.75 Å². The number of para-hydroxylation sites is 1. The standard InChI is InChI=1S/C16H26N2O2/c1-16(2,3)13-8-5-6-9-14(13)20-12-15(19)18-11-7-10-17-4/h5-6,8-9,17H,7,10-12H2,1-4H3,(H,18,19). The van der Waals surface area contributed by atoms with Crippen molar-refractivity contribution in [3.8, 4) is 5.75 Å². The monoisotopic (exact) mass is 278 g/mol. The third-order valence-electron chi connectivity index (χ3n) is 2.98. The molecule has 1 rings (SSSR count). The van der Waals surface area contributed by atoms with Gasteiger partial charge in [0.05, 0.1) is 0 Å². The van der Waals surface area contributed by atoms with Crippen molar-refractivity contribution in [3.63, 3.8) is 0 Å². The van der Waals surface area contributed by atoms with E-state index in [1.807, 2.05) is 31.3 Å². The van der Waals surface area contributed by atoms with Crippen molar-refractivity contribution < 1.29 is 9.53 Å². The third kappa shape index (κ3) is 5.61. The summed E-state index contributed by atoms with van der Waals surface area (Å²) < 4.78 is 5.65. The van der Waals surface area contributed by atoms with E-state index in [4.69, 9.17) is 4.74 Å². The number of ether oxygens (including phenoxy) is 1. The molecule has 0 heterocycles. The molecule has 0 atom stereocenters. The van der Waals surface area contributed by atoms with Crippen molar-refractivity contribution in [1.29, 1.82) is 0 Å². The second-order valence-corrected chi connectivity index (χ2v) is 5.84. The molecule has 0 spiro atoms. The Morgan fingerprint density at radius 2 is 1.90 bits per heavy atom. The van der Waals surface area contributed by atoms with Gasteiger partial charge in [0.25, 0.3) is 5.91 Å². The minimum absolute atomic E-state index is 0.000134. The first-order valence-electron chi connectivity index (χ1n) is 7.08. The van der Waals surface area contributed by atoms with Gasteiger partial charge in [-0.05, 0) is 37.1 Å². The zero-order chi connectivity index (χ0) is 15.0. The molecule has 1 aromatic rings. The highest BCUT2D eigenvalue weighted by Crippen LogP contribution is 2.30. The van der Waals surface area contributed by atoms with E-state index >= 15 is 0 Å². The van der Waals surface area contributed by atoms with Crippen molar-refractivity contribution in [2.75, 3.05) is 26.7 Å². The average molecular weight is 278 g/mol. The molecular weight excluding hydrogens is 252 g/mol. The number of amides is 1. The summed E-state index contributed by atoms with van der Waals surface area (Å²) in [6, 6.07) is 7.87. The lowest BCUT2D eigenvalue weighted by atomic mass is 9.86. The first-order valence-corrected chi connectivity index (χ1v) is 7.08. The van der Waals surface area contributed by atoms with E-state index in [0.717, 1.165) is 24.3 Å². The number of rotatable bonds is 7. The van der Waals surface area contributed by atoms with Gasteiger partial charge in [0.2, 0.25) is 0 Å². The number of nitrogens with one attached hydrogen (secondary N) is 2. The van der Waals surface area contributed by atoms with Crippen molar-refractivity contribution in [2.24, 2.45) is 0 Å². The fraction of sp³-hybridized carbons (Fsp3) is 0.562. The second-order valence-electron chi connectivity index (χ2n) is 5.84. The summed E-state index contributed by atoms with van der Waals surface area (Å²) in [4.78, 5) is 11.7. The van der Waals surface area contributed by atoms with E-state index < -0.39 is 0 Å². The minimum Gasteiger partial charge on any atom is -0.483 e. The van der Waals surface area contributed by atoms with Crippen molar-refractivity contribution in [1.82, 2.24) is 10.6 Å². The van der Waals surface area contributed by atoms with Crippen LogP contribution in [-0.4, -0.2) is 32.7 Å². The average Bonchev–Trinajstić information content (AvgIpc) is 2.40. The van der Waals surface area contributed by atoms with Gasteiger partial charge in [0.15, 0.2) is 6.61 Å². The molecule has 0 saturated heterocycles. The first kappa shape index (κ1) is 16.5. The fourth-order valence-corrected chi connectivity index (χ4v) is 1.90. The second kappa shape index (κ2) is 7.90. The Morgan fingerprint density at radius 3 is 2.55 bits per heavy atom. The summed E-state index contributed by atoms with van der Waals surface area (Å²) >= 11 is 0. The van der Waals surface area contributed by atoms with Crippen molar-refractivity contribution in [2.45, 2.75) is 32.6 Å². The summed E-state index contributed by atoms with van der Waals surface area (Å²) in [6.45, 7) is 8.03. The fourth-order valence-electron chi connectivity index (χ4n) is 1.90. The van der Waals surface area contributed by atoms with Crippen LogP contribution in [0.1, 0.15) is 32.8 Å². The lowest BCUT2D eigenvalue weighted by Crippen LogP contribution is -2.31. The predicted molar refractivity (Wildman–Crippen MR) is 82.2 cm³/mol. The molecule has 0 aliphatic heterocycles. The van der Waals surface area contributed by atoms with Gasteiger partial charge in [0.1, 0.15) is 5.75 Å². The summed E-state index contributed by atoms with van der Waals surface area (Å²) in [5, 5.41) is 5.88. The lowest BCUT2D eigenvalue weighted by molar-refractivity contribution is -0.123. The predicted octanol–water partition coefficient (Wildman–Crippen LogP) is 2.09. The number of benzene rings is 1. The highest BCUT2D eigenvalue weighted by Gasteiger charge is 2.18. The number of carbonyl (C=O) groups is 1. The quantitative estimate of drug-likeness (QED) is 0.751. The first-order chi connectivity index (χ1) is 9.45. The molecule has 0 aliphatic carbocycles. The van der Waals surface area contributed by atoms with Crippen molar-refractivity contribution in [3.05, 3.63) is 29.8 Å². The maximum atomic E-state index is 11.7. The SMILES string of the molecule is CNCCCNC(=O)COc1ccccc1C(C)(C)C. The molecule has 1 amide bonds. The molecule has 1 aromatic carbocycles. The van der Waals surface area contributed by atoms with E-state index in [-0.39, 0.29) is 17.9 Å². The zero-order valence-corrected chi connectivity index (χ0v) is 13.0. The molecule has 4 heteroatoms. The lowest BCUT2D eigenvalue weighted by Gasteiger charge is -2.22. The molecule has 2 N–H and O–H groups in total. The summed E-state index contributed by atoms with van der Waals surface area (Å²) in [5.74, 6) is 0.704. The van der Waals surface area contributed by atoms with Crippen LogP contribution < -0.4 is 15.4 Å². The Hall–Kier alpha value is -1.55. The van der Waals surface area contributed by atoms with Crippen LogP contribution in [0.25, 0.3) is 0 Å². The summed E-state index contributed by atoms with van der Waals surface area (Å²) in [6.07, 6.45) is 0.917. The smallest absolute Gasteiger partial charge is 0.257 e. The van der Waals surface area contributed by atoms with E-state index in [1.165, 1.54) is 0 Å². The van der Waals surface area contributed by atoms with Gasteiger partial charge in [-0.1, -0.05) is 39.0 Å². The normalized spacial score (nSPS) is 11.2. The van der Waals surface area contributed by atoms with Crippen LogP contribution in [0.4, 0.5) is 0 Å². The summed E-state index contributed by atoms with van der Waals surface area (Å²) in [7, 11) is 1.90. The Labute approximate surface area is 121 Å². The largest absolute Gasteiger partial charge is 0.483 e. The molecule has 0 fully saturated rings. The highest BCUT2D eigenvalue weighted by molar-refractivity contribution is 5.77. The van der Waals surface area contributed by atoms with Crippen LogP contribution in [0.3, 0.4) is 0 Å². The molecule has 112 valence electrons. The molecule has 0 saturated carbocycles. The Kier molecular flexibility index (Phi) is 6.52. The van der Waals surface area contributed by atoms with E-state index in [1.54, 1.807) is 0 Å². The Morgan fingerprint density at radius 1 is 1.20 bits per heavy atom. The maximum absolute atomic E-state index is 11.7. The van der Waals surface area contributed by atoms with Crippen LogP contribution >= 0.6 is 0 Å². The topological polar surface area (TPSA) is 50.4 Å². The molecule has 20 heavy (non-hydrogen) atoms. The van der Waals surface area contributed by atoms with Gasteiger partial charge in [0, 0.05) is 6.54 Å². The Balaban J connectivity index is 2.48. The van der Waals surface area contributed by atoms with Gasteiger partial charge in [-0.25, -0.2) is 0 Å². The molecule has 0 aromatic heterocycles. The number of hydrogen-bond donors (Lipinski definition) is 2. The molecule has 0 aliphatic rings. The molecule has 0 bridgehead atoms. The molecule has 0 unspecified atom stereocenters. The van der Waals surface area contributed by atoms with Gasteiger partial charge >= 0.3 is 0 Å². The summed E-state index contributed by atoms with van der Waals surface area (Å²) in [5.41, 5.74) is 1.11. The van der Waals surface area contributed by atoms with Crippen LogP contribution in [0.15, 0.2) is 24.3 Å². The number of carbonyl (C=O) groups excluding carboxylic acids is 1. The molecule has 0 radical (unpaired) electrons. The van der Waals surface area contributed by atoms with E-state index in [2.05, 4.69) is 31.4 Å². The zero-order valence-electron chi connectivity index (χ0n) is 13.0. The maximum Gasteiger partial charge on any atom is 0.257 e.